The van der Waals surface area contributed by atoms with Crippen LogP contribution in [-0.4, -0.2) is 17.3 Å². The van der Waals surface area contributed by atoms with E-state index in [0.29, 0.717) is 11.1 Å². The van der Waals surface area contributed by atoms with Crippen LogP contribution in [0.3, 0.4) is 0 Å². The van der Waals surface area contributed by atoms with Crippen LogP contribution in [0.25, 0.3) is 0 Å². The maximum Gasteiger partial charge on any atom is 0.168 e. The summed E-state index contributed by atoms with van der Waals surface area (Å²) in [6.07, 6.45) is -0.197. The van der Waals surface area contributed by atoms with Crippen molar-refractivity contribution in [1.29, 1.82) is 0 Å². The number of hydrogen-bond acceptors (Lipinski definition) is 3. The molecule has 2 rings (SSSR count). The molecule has 0 aliphatic heterocycles. The molecule has 0 aliphatic rings. The van der Waals surface area contributed by atoms with Gasteiger partial charge in [-0.05, 0) is 37.6 Å². The van der Waals surface area contributed by atoms with Crippen molar-refractivity contribution in [3.05, 3.63) is 70.5 Å². The molecule has 0 radical (unpaired) electrons. The maximum atomic E-state index is 13.8. The minimum absolute atomic E-state index is 0.149. The highest BCUT2D eigenvalue weighted by Gasteiger charge is 2.16. The summed E-state index contributed by atoms with van der Waals surface area (Å²) in [5, 5.41) is 0. The third-order valence-electron chi connectivity index (χ3n) is 3.41. The van der Waals surface area contributed by atoms with E-state index in [0.717, 1.165) is 0 Å². The Morgan fingerprint density at radius 1 is 0.909 bits per heavy atom. The smallest absolute Gasteiger partial charge is 0.168 e. The summed E-state index contributed by atoms with van der Waals surface area (Å²) in [4.78, 5) is 35.3. The summed E-state index contributed by atoms with van der Waals surface area (Å²) in [5.74, 6) is -1.32. The third-order valence-corrected chi connectivity index (χ3v) is 3.41. The van der Waals surface area contributed by atoms with Gasteiger partial charge in [0.25, 0.3) is 0 Å². The molecule has 0 saturated carbocycles. The first-order chi connectivity index (χ1) is 10.4. The summed E-state index contributed by atoms with van der Waals surface area (Å²) in [6, 6.07) is 10.4. The van der Waals surface area contributed by atoms with Crippen LogP contribution in [0.5, 0.6) is 0 Å². The molecule has 2 aromatic carbocycles. The molecule has 3 nitrogen and oxygen atoms in total. The topological polar surface area (TPSA) is 51.2 Å². The lowest BCUT2D eigenvalue weighted by molar-refractivity contribution is 0.0967. The van der Waals surface area contributed by atoms with Gasteiger partial charge in [0.2, 0.25) is 0 Å². The monoisotopic (exact) mass is 298 g/mol. The summed E-state index contributed by atoms with van der Waals surface area (Å²) in [5.41, 5.74) is 1.08. The molecule has 0 unspecified atom stereocenters. The standard InChI is InChI=1S/C18H15FO3/c1-11(20)13-7-8-17(19)14(9-13)10-18(22)16-6-4-3-5-15(16)12(2)21/h3-9H,10H2,1-2H3. The van der Waals surface area contributed by atoms with E-state index in [1.54, 1.807) is 24.3 Å². The zero-order valence-electron chi connectivity index (χ0n) is 12.4. The van der Waals surface area contributed by atoms with E-state index in [1.165, 1.54) is 32.0 Å². The molecule has 0 aliphatic carbocycles. The molecule has 0 bridgehead atoms. The van der Waals surface area contributed by atoms with Gasteiger partial charge in [-0.3, -0.25) is 14.4 Å². The normalized spacial score (nSPS) is 10.3. The van der Waals surface area contributed by atoms with Crippen LogP contribution in [0.15, 0.2) is 42.5 Å². The minimum Gasteiger partial charge on any atom is -0.295 e. The number of Topliss-reactive ketones (excluding diaryl/α,β-unsaturated/α-hetero) is 3. The van der Waals surface area contributed by atoms with Gasteiger partial charge in [0.15, 0.2) is 17.3 Å². The first-order valence-corrected chi connectivity index (χ1v) is 6.82. The predicted octanol–water partition coefficient (Wildman–Crippen LogP) is 3.66. The van der Waals surface area contributed by atoms with Gasteiger partial charge in [-0.2, -0.15) is 0 Å². The van der Waals surface area contributed by atoms with E-state index < -0.39 is 5.82 Å². The molecule has 0 fully saturated rings. The maximum absolute atomic E-state index is 13.8. The molecule has 0 amide bonds. The van der Waals surface area contributed by atoms with Gasteiger partial charge in [-0.25, -0.2) is 4.39 Å². The van der Waals surface area contributed by atoms with E-state index in [2.05, 4.69) is 0 Å². The van der Waals surface area contributed by atoms with Gasteiger partial charge in [0, 0.05) is 23.1 Å². The molecule has 112 valence electrons. The van der Waals surface area contributed by atoms with Crippen molar-refractivity contribution < 1.29 is 18.8 Å². The first-order valence-electron chi connectivity index (χ1n) is 6.82. The quantitative estimate of drug-likeness (QED) is 0.792. The summed E-state index contributed by atoms with van der Waals surface area (Å²) < 4.78 is 13.8. The van der Waals surface area contributed by atoms with E-state index in [9.17, 15) is 18.8 Å². The fraction of sp³-hybridized carbons (Fsp3) is 0.167. The van der Waals surface area contributed by atoms with Crippen molar-refractivity contribution >= 4 is 17.3 Å². The van der Waals surface area contributed by atoms with Gasteiger partial charge in [0.1, 0.15) is 5.82 Å². The average Bonchev–Trinajstić information content (AvgIpc) is 2.49. The zero-order valence-corrected chi connectivity index (χ0v) is 12.4. The second-order valence-electron chi connectivity index (χ2n) is 5.06. The largest absolute Gasteiger partial charge is 0.295 e. The van der Waals surface area contributed by atoms with Gasteiger partial charge in [-0.1, -0.05) is 24.3 Å². The van der Waals surface area contributed by atoms with Crippen molar-refractivity contribution in [2.24, 2.45) is 0 Å². The highest BCUT2D eigenvalue weighted by molar-refractivity contribution is 6.08. The van der Waals surface area contributed by atoms with Crippen LogP contribution in [0, 0.1) is 5.82 Å². The number of carbonyl (C=O) groups is 3. The molecule has 4 heteroatoms. The molecule has 0 saturated heterocycles. The molecule has 0 atom stereocenters. The Morgan fingerprint density at radius 3 is 2.14 bits per heavy atom. The molecular weight excluding hydrogens is 283 g/mol. The second kappa shape index (κ2) is 6.43. The Kier molecular flexibility index (Phi) is 4.61. The Bertz CT molecular complexity index is 763. The second-order valence-corrected chi connectivity index (χ2v) is 5.06. The molecule has 0 spiro atoms. The Hall–Kier alpha value is -2.62. The number of carbonyl (C=O) groups excluding carboxylic acids is 3. The zero-order chi connectivity index (χ0) is 16.3. The van der Waals surface area contributed by atoms with Gasteiger partial charge in [-0.15, -0.1) is 0 Å². The highest BCUT2D eigenvalue weighted by atomic mass is 19.1. The van der Waals surface area contributed by atoms with Crippen LogP contribution < -0.4 is 0 Å². The third kappa shape index (κ3) is 3.34. The van der Waals surface area contributed by atoms with E-state index in [1.807, 2.05) is 0 Å². The highest BCUT2D eigenvalue weighted by Crippen LogP contribution is 2.17. The van der Waals surface area contributed by atoms with E-state index >= 15 is 0 Å². The Labute approximate surface area is 127 Å². The Balaban J connectivity index is 2.36. The minimum atomic E-state index is -0.543. The van der Waals surface area contributed by atoms with E-state index in [-0.39, 0.29) is 34.9 Å². The number of benzene rings is 2. The lowest BCUT2D eigenvalue weighted by atomic mass is 9.95. The van der Waals surface area contributed by atoms with Gasteiger partial charge in [0.05, 0.1) is 0 Å². The van der Waals surface area contributed by atoms with Gasteiger partial charge < -0.3 is 0 Å². The number of ketones is 3. The molecule has 22 heavy (non-hydrogen) atoms. The molecule has 2 aromatic rings. The van der Waals surface area contributed by atoms with Crippen molar-refractivity contribution in [1.82, 2.24) is 0 Å². The predicted molar refractivity (Wildman–Crippen MR) is 80.9 cm³/mol. The first kappa shape index (κ1) is 15.8. The molecule has 0 heterocycles. The Morgan fingerprint density at radius 2 is 1.55 bits per heavy atom. The van der Waals surface area contributed by atoms with Crippen molar-refractivity contribution in [2.75, 3.05) is 0 Å². The van der Waals surface area contributed by atoms with Crippen LogP contribution in [0.1, 0.15) is 50.5 Å². The summed E-state index contributed by atoms with van der Waals surface area (Å²) >= 11 is 0. The number of hydrogen-bond donors (Lipinski definition) is 0. The van der Waals surface area contributed by atoms with Gasteiger partial charge >= 0.3 is 0 Å². The van der Waals surface area contributed by atoms with Crippen molar-refractivity contribution in [3.63, 3.8) is 0 Å². The molecule has 0 aromatic heterocycles. The van der Waals surface area contributed by atoms with Crippen LogP contribution in [-0.2, 0) is 6.42 Å². The summed E-state index contributed by atoms with van der Waals surface area (Å²) in [6.45, 7) is 2.76. The van der Waals surface area contributed by atoms with Crippen molar-refractivity contribution in [3.8, 4) is 0 Å². The average molecular weight is 298 g/mol. The van der Waals surface area contributed by atoms with Crippen LogP contribution in [0.2, 0.25) is 0 Å². The van der Waals surface area contributed by atoms with E-state index in [4.69, 9.17) is 0 Å². The van der Waals surface area contributed by atoms with Crippen molar-refractivity contribution in [2.45, 2.75) is 20.3 Å². The molecular formula is C18H15FO3. The van der Waals surface area contributed by atoms with Crippen LogP contribution >= 0.6 is 0 Å². The summed E-state index contributed by atoms with van der Waals surface area (Å²) in [7, 11) is 0. The van der Waals surface area contributed by atoms with Crippen LogP contribution in [0.4, 0.5) is 4.39 Å². The number of halogens is 1. The fourth-order valence-electron chi connectivity index (χ4n) is 2.23. The number of rotatable bonds is 5. The fourth-order valence-corrected chi connectivity index (χ4v) is 2.23. The lowest BCUT2D eigenvalue weighted by Crippen LogP contribution is -2.11. The lowest BCUT2D eigenvalue weighted by Gasteiger charge is -2.08. The molecule has 0 N–H and O–H groups in total. The SMILES string of the molecule is CC(=O)c1ccc(F)c(CC(=O)c2ccccc2C(C)=O)c1.